The van der Waals surface area contributed by atoms with Crippen LogP contribution >= 0.6 is 11.6 Å². The molecule has 1 rings (SSSR count). The van der Waals surface area contributed by atoms with Gasteiger partial charge in [0.05, 0.1) is 0 Å². The molecular formula is C7H6ClN. The standard InChI is InChI=1S/C7H6ClN/c1-5-4-7(8)9(3)6(5)2/h1-2,4H,3H3. The first kappa shape index (κ1) is 6.69. The molecule has 1 aromatic rings. The maximum absolute atomic E-state index is 5.64. The Morgan fingerprint density at radius 1 is 1.56 bits per heavy atom. The summed E-state index contributed by atoms with van der Waals surface area (Å²) in [6.07, 6.45) is 0. The molecule has 1 nitrogen and oxygen atoms in total. The van der Waals surface area contributed by atoms with Gasteiger partial charge < -0.3 is 4.57 Å². The number of rotatable bonds is 0. The van der Waals surface area contributed by atoms with Crippen molar-refractivity contribution in [3.8, 4) is 0 Å². The number of hydrogen-bond donors (Lipinski definition) is 0. The largest absolute Gasteiger partial charge is 0.338 e. The lowest BCUT2D eigenvalue weighted by Crippen LogP contribution is -1.89. The number of hydrogen-bond acceptors (Lipinski definition) is 0. The van der Waals surface area contributed by atoms with Crippen LogP contribution < -0.4 is 0 Å². The highest BCUT2D eigenvalue weighted by atomic mass is 35.5. The fraction of sp³-hybridized carbons (Fsp3) is 0.143. The van der Waals surface area contributed by atoms with E-state index in [1.165, 1.54) is 0 Å². The Kier molecular flexibility index (Phi) is 1.54. The second-order valence-corrected chi connectivity index (χ2v) is 2.25. The van der Waals surface area contributed by atoms with Gasteiger partial charge in [-0.25, -0.2) is 0 Å². The van der Waals surface area contributed by atoms with E-state index >= 15 is 0 Å². The smallest absolute Gasteiger partial charge is 0.109 e. The SMILES string of the molecule is [CH]c1cc(Cl)n(C)c1[CH]. The second kappa shape index (κ2) is 2.07. The fourth-order valence-corrected chi connectivity index (χ4v) is 0.816. The second-order valence-electron chi connectivity index (χ2n) is 1.87. The van der Waals surface area contributed by atoms with Crippen LogP contribution in [-0.4, -0.2) is 4.57 Å². The molecule has 0 aromatic carbocycles. The van der Waals surface area contributed by atoms with E-state index in [4.69, 9.17) is 25.4 Å². The highest BCUT2D eigenvalue weighted by Gasteiger charge is 2.01. The minimum Gasteiger partial charge on any atom is -0.338 e. The molecule has 0 fully saturated rings. The third-order valence-corrected chi connectivity index (χ3v) is 1.61. The van der Waals surface area contributed by atoms with E-state index in [0.717, 1.165) is 0 Å². The van der Waals surface area contributed by atoms with Crippen LogP contribution in [0, 0.1) is 13.8 Å². The average molecular weight is 140 g/mol. The van der Waals surface area contributed by atoms with E-state index in [1.807, 2.05) is 0 Å². The van der Waals surface area contributed by atoms with Crippen LogP contribution in [0.2, 0.25) is 5.15 Å². The van der Waals surface area contributed by atoms with Crippen molar-refractivity contribution in [2.24, 2.45) is 7.05 Å². The first-order valence-corrected chi connectivity index (χ1v) is 2.87. The Bertz CT molecular complexity index is 203. The van der Waals surface area contributed by atoms with Crippen LogP contribution in [0.15, 0.2) is 6.07 Å². The van der Waals surface area contributed by atoms with Crippen molar-refractivity contribution in [2.75, 3.05) is 0 Å². The summed E-state index contributed by atoms with van der Waals surface area (Å²) >= 11 is 5.64. The molecule has 0 aliphatic rings. The van der Waals surface area contributed by atoms with Crippen LogP contribution in [0.4, 0.5) is 0 Å². The summed E-state index contributed by atoms with van der Waals surface area (Å²) in [4.78, 5) is 0. The summed E-state index contributed by atoms with van der Waals surface area (Å²) in [5.41, 5.74) is 1.04. The van der Waals surface area contributed by atoms with Crippen molar-refractivity contribution in [1.29, 1.82) is 0 Å². The Balaban J connectivity index is 3.29. The molecule has 0 N–H and O–H groups in total. The zero-order valence-corrected chi connectivity index (χ0v) is 5.81. The predicted octanol–water partition coefficient (Wildman–Crippen LogP) is 1.80. The topological polar surface area (TPSA) is 4.93 Å². The van der Waals surface area contributed by atoms with Crippen LogP contribution in [0.5, 0.6) is 0 Å². The molecule has 0 saturated heterocycles. The molecule has 9 heavy (non-hydrogen) atoms. The van der Waals surface area contributed by atoms with Gasteiger partial charge in [-0.2, -0.15) is 0 Å². The molecule has 1 aromatic heterocycles. The molecular weight excluding hydrogens is 134 g/mol. The molecule has 4 radical (unpaired) electrons. The van der Waals surface area contributed by atoms with Gasteiger partial charge in [-0.3, -0.25) is 0 Å². The highest BCUT2D eigenvalue weighted by Crippen LogP contribution is 2.16. The number of nitrogens with zero attached hydrogens (tertiary/aromatic N) is 1. The molecule has 2 heteroatoms. The monoisotopic (exact) mass is 139 g/mol. The van der Waals surface area contributed by atoms with Crippen molar-refractivity contribution < 1.29 is 0 Å². The first-order chi connectivity index (χ1) is 4.13. The number of halogens is 1. The van der Waals surface area contributed by atoms with Crippen molar-refractivity contribution in [1.82, 2.24) is 4.57 Å². The van der Waals surface area contributed by atoms with Gasteiger partial charge >= 0.3 is 0 Å². The third-order valence-electron chi connectivity index (χ3n) is 1.25. The van der Waals surface area contributed by atoms with Crippen LogP contribution in [-0.2, 0) is 7.05 Å². The van der Waals surface area contributed by atoms with Gasteiger partial charge in [-0.15, -0.1) is 0 Å². The Hall–Kier alpha value is -0.430. The molecule has 0 unspecified atom stereocenters. The van der Waals surface area contributed by atoms with Gasteiger partial charge in [0.15, 0.2) is 0 Å². The lowest BCUT2D eigenvalue weighted by atomic mass is 10.3. The molecule has 1 heterocycles. The van der Waals surface area contributed by atoms with Crippen molar-refractivity contribution in [3.05, 3.63) is 36.3 Å². The molecule has 0 aliphatic carbocycles. The molecule has 0 saturated carbocycles. The summed E-state index contributed by atoms with van der Waals surface area (Å²) in [7, 11) is 1.76. The lowest BCUT2D eigenvalue weighted by molar-refractivity contribution is 0.903. The minimum absolute atomic E-state index is 0.514. The van der Waals surface area contributed by atoms with E-state index in [2.05, 4.69) is 0 Å². The van der Waals surface area contributed by atoms with Crippen LogP contribution in [0.3, 0.4) is 0 Å². The predicted molar refractivity (Wildman–Crippen MR) is 37.2 cm³/mol. The maximum Gasteiger partial charge on any atom is 0.109 e. The van der Waals surface area contributed by atoms with Gasteiger partial charge in [-0.05, 0) is 11.6 Å². The summed E-state index contributed by atoms with van der Waals surface area (Å²) in [6, 6.07) is 1.62. The van der Waals surface area contributed by atoms with E-state index in [9.17, 15) is 0 Å². The minimum atomic E-state index is 0.514. The van der Waals surface area contributed by atoms with Gasteiger partial charge in [0.1, 0.15) is 5.15 Å². The van der Waals surface area contributed by atoms with Crippen molar-refractivity contribution in [2.45, 2.75) is 0 Å². The van der Waals surface area contributed by atoms with Gasteiger partial charge in [0, 0.05) is 26.6 Å². The molecule has 0 spiro atoms. The third kappa shape index (κ3) is 0.969. The first-order valence-electron chi connectivity index (χ1n) is 2.49. The molecule has 0 atom stereocenters. The molecule has 0 aliphatic heterocycles. The summed E-state index contributed by atoms with van der Waals surface area (Å²) < 4.78 is 1.62. The quantitative estimate of drug-likeness (QED) is 0.517. The Labute approximate surface area is 60.2 Å². The summed E-state index contributed by atoms with van der Waals surface area (Å²) in [5, 5.41) is 0.560. The maximum atomic E-state index is 5.64. The normalized spacial score (nSPS) is 10.2. The summed E-state index contributed by atoms with van der Waals surface area (Å²) in [6.45, 7) is 10.9. The van der Waals surface area contributed by atoms with Gasteiger partial charge in [-0.1, -0.05) is 11.6 Å². The van der Waals surface area contributed by atoms with E-state index in [-0.39, 0.29) is 0 Å². The lowest BCUT2D eigenvalue weighted by Gasteiger charge is -1.95. The molecule has 0 bridgehead atoms. The van der Waals surface area contributed by atoms with Crippen molar-refractivity contribution in [3.63, 3.8) is 0 Å². The molecule has 46 valence electrons. The Morgan fingerprint density at radius 2 is 2.11 bits per heavy atom. The van der Waals surface area contributed by atoms with E-state index in [1.54, 1.807) is 17.7 Å². The highest BCUT2D eigenvalue weighted by molar-refractivity contribution is 6.29. The average Bonchev–Trinajstić information content (AvgIpc) is 1.98. The Morgan fingerprint density at radius 3 is 2.22 bits per heavy atom. The van der Waals surface area contributed by atoms with Crippen molar-refractivity contribution >= 4 is 11.6 Å². The van der Waals surface area contributed by atoms with E-state index < -0.39 is 0 Å². The van der Waals surface area contributed by atoms with E-state index in [0.29, 0.717) is 16.4 Å². The van der Waals surface area contributed by atoms with Crippen LogP contribution in [0.25, 0.3) is 0 Å². The fourth-order valence-electron chi connectivity index (χ4n) is 0.608. The summed E-state index contributed by atoms with van der Waals surface area (Å²) in [5.74, 6) is 0. The van der Waals surface area contributed by atoms with Gasteiger partial charge in [0.2, 0.25) is 0 Å². The molecule has 0 amide bonds. The van der Waals surface area contributed by atoms with Crippen LogP contribution in [0.1, 0.15) is 11.3 Å². The zero-order chi connectivity index (χ0) is 7.02. The number of aromatic nitrogens is 1. The zero-order valence-electron chi connectivity index (χ0n) is 5.06. The van der Waals surface area contributed by atoms with Gasteiger partial charge in [0.25, 0.3) is 0 Å².